The van der Waals surface area contributed by atoms with Crippen LogP contribution >= 0.6 is 0 Å². The molecule has 21 heavy (non-hydrogen) atoms. The van der Waals surface area contributed by atoms with Crippen LogP contribution in [0.3, 0.4) is 0 Å². The van der Waals surface area contributed by atoms with Crippen LogP contribution in [0.4, 0.5) is 8.78 Å². The summed E-state index contributed by atoms with van der Waals surface area (Å²) < 4.78 is 26.8. The molecule has 3 rings (SSSR count). The molecule has 0 saturated heterocycles. The molecule has 1 aliphatic carbocycles. The first-order valence-electron chi connectivity index (χ1n) is 7.15. The highest BCUT2D eigenvalue weighted by Gasteiger charge is 2.41. The lowest BCUT2D eigenvalue weighted by atomic mass is 9.78. The molecule has 1 fully saturated rings. The van der Waals surface area contributed by atoms with Gasteiger partial charge in [0.25, 0.3) is 0 Å². The fraction of sp³-hybridized carbons (Fsp3) is 0.353. The Morgan fingerprint density at radius 3 is 2.48 bits per heavy atom. The second-order valence-corrected chi connectivity index (χ2v) is 5.92. The summed E-state index contributed by atoms with van der Waals surface area (Å²) >= 11 is 0. The van der Waals surface area contributed by atoms with E-state index in [1.807, 2.05) is 18.2 Å². The van der Waals surface area contributed by atoms with Crippen molar-refractivity contribution in [1.29, 1.82) is 0 Å². The first-order valence-corrected chi connectivity index (χ1v) is 7.15. The number of nitrogens with zero attached hydrogens (tertiary/aromatic N) is 1. The Labute approximate surface area is 123 Å². The van der Waals surface area contributed by atoms with Crippen molar-refractivity contribution in [3.8, 4) is 0 Å². The van der Waals surface area contributed by atoms with E-state index in [-0.39, 0.29) is 17.9 Å². The molecule has 1 heterocycles. The van der Waals surface area contributed by atoms with Gasteiger partial charge in [-0.05, 0) is 49.6 Å². The highest BCUT2D eigenvalue weighted by molar-refractivity contribution is 5.28. The Morgan fingerprint density at radius 1 is 1.19 bits per heavy atom. The number of hydrogen-bond donors (Lipinski definition) is 1. The van der Waals surface area contributed by atoms with E-state index >= 15 is 0 Å². The SMILES string of the molecule is CC1(F)CC(NC(c2ccc(F)cc2)c2ccccn2)C1. The first-order chi connectivity index (χ1) is 10.0. The van der Waals surface area contributed by atoms with E-state index in [0.717, 1.165) is 11.3 Å². The summed E-state index contributed by atoms with van der Waals surface area (Å²) in [6.07, 6.45) is 2.72. The van der Waals surface area contributed by atoms with Gasteiger partial charge < -0.3 is 5.32 Å². The van der Waals surface area contributed by atoms with Gasteiger partial charge >= 0.3 is 0 Å². The molecule has 1 N–H and O–H groups in total. The summed E-state index contributed by atoms with van der Waals surface area (Å²) in [6, 6.07) is 12.0. The van der Waals surface area contributed by atoms with Crippen LogP contribution < -0.4 is 5.32 Å². The standard InChI is InChI=1S/C17H18F2N2/c1-17(19)10-14(11-17)21-16(15-4-2-3-9-20-15)12-5-7-13(18)8-6-12/h2-9,14,16,21H,10-11H2,1H3. The third-order valence-electron chi connectivity index (χ3n) is 3.93. The molecule has 2 nitrogen and oxygen atoms in total. The van der Waals surface area contributed by atoms with Crippen molar-refractivity contribution in [2.75, 3.05) is 0 Å². The van der Waals surface area contributed by atoms with Crippen LogP contribution in [-0.2, 0) is 0 Å². The van der Waals surface area contributed by atoms with Gasteiger partial charge in [0.2, 0.25) is 0 Å². The van der Waals surface area contributed by atoms with Gasteiger partial charge in [-0.3, -0.25) is 4.98 Å². The van der Waals surface area contributed by atoms with Crippen molar-refractivity contribution in [1.82, 2.24) is 10.3 Å². The van der Waals surface area contributed by atoms with E-state index in [4.69, 9.17) is 0 Å². The summed E-state index contributed by atoms with van der Waals surface area (Å²) in [6.45, 7) is 1.62. The largest absolute Gasteiger partial charge is 0.302 e. The van der Waals surface area contributed by atoms with E-state index in [1.54, 1.807) is 25.3 Å². The summed E-state index contributed by atoms with van der Waals surface area (Å²) in [5.74, 6) is -0.265. The molecule has 0 bridgehead atoms. The number of rotatable bonds is 4. The minimum atomic E-state index is -1.07. The van der Waals surface area contributed by atoms with E-state index in [2.05, 4.69) is 10.3 Å². The maximum atomic E-state index is 13.7. The summed E-state index contributed by atoms with van der Waals surface area (Å²) in [5, 5.41) is 3.44. The van der Waals surface area contributed by atoms with Gasteiger partial charge in [-0.15, -0.1) is 0 Å². The van der Waals surface area contributed by atoms with Gasteiger partial charge in [-0.2, -0.15) is 0 Å². The molecular formula is C17H18F2N2. The van der Waals surface area contributed by atoms with Gasteiger partial charge in [-0.1, -0.05) is 18.2 Å². The highest BCUT2D eigenvalue weighted by atomic mass is 19.1. The molecule has 1 unspecified atom stereocenters. The fourth-order valence-electron chi connectivity index (χ4n) is 2.88. The summed E-state index contributed by atoms with van der Waals surface area (Å²) in [4.78, 5) is 4.38. The normalized spacial score (nSPS) is 26.1. The van der Waals surface area contributed by atoms with Crippen LogP contribution in [0.25, 0.3) is 0 Å². The molecule has 0 amide bonds. The lowest BCUT2D eigenvalue weighted by Crippen LogP contribution is -2.50. The number of hydrogen-bond acceptors (Lipinski definition) is 2. The fourth-order valence-corrected chi connectivity index (χ4v) is 2.88. The Kier molecular flexibility index (Phi) is 3.72. The molecule has 1 atom stereocenters. The Morgan fingerprint density at radius 2 is 1.90 bits per heavy atom. The molecule has 0 spiro atoms. The molecule has 2 aromatic rings. The second kappa shape index (κ2) is 5.53. The van der Waals surface area contributed by atoms with E-state index in [0.29, 0.717) is 12.8 Å². The number of pyridine rings is 1. The number of alkyl halides is 1. The Hall–Kier alpha value is -1.81. The predicted molar refractivity (Wildman–Crippen MR) is 78.2 cm³/mol. The smallest absolute Gasteiger partial charge is 0.123 e. The topological polar surface area (TPSA) is 24.9 Å². The minimum Gasteiger partial charge on any atom is -0.302 e. The maximum Gasteiger partial charge on any atom is 0.123 e. The van der Waals surface area contributed by atoms with Crippen LogP contribution in [0.2, 0.25) is 0 Å². The van der Waals surface area contributed by atoms with E-state index in [9.17, 15) is 8.78 Å². The molecule has 0 radical (unpaired) electrons. The van der Waals surface area contributed by atoms with Crippen molar-refractivity contribution in [2.45, 2.75) is 37.5 Å². The van der Waals surface area contributed by atoms with Gasteiger partial charge in [0, 0.05) is 12.2 Å². The molecular weight excluding hydrogens is 270 g/mol. The number of nitrogens with one attached hydrogen (secondary N) is 1. The quantitative estimate of drug-likeness (QED) is 0.926. The van der Waals surface area contributed by atoms with E-state index < -0.39 is 5.67 Å². The second-order valence-electron chi connectivity index (χ2n) is 5.92. The van der Waals surface area contributed by atoms with Crippen molar-refractivity contribution in [3.05, 3.63) is 65.7 Å². The van der Waals surface area contributed by atoms with Gasteiger partial charge in [0.15, 0.2) is 0 Å². The monoisotopic (exact) mass is 288 g/mol. The molecule has 1 aliphatic rings. The van der Waals surface area contributed by atoms with Gasteiger partial charge in [-0.25, -0.2) is 8.78 Å². The van der Waals surface area contributed by atoms with E-state index in [1.165, 1.54) is 12.1 Å². The third-order valence-corrected chi connectivity index (χ3v) is 3.93. The number of benzene rings is 1. The summed E-state index contributed by atoms with van der Waals surface area (Å²) in [5.41, 5.74) is 0.717. The highest BCUT2D eigenvalue weighted by Crippen LogP contribution is 2.37. The molecule has 1 aromatic heterocycles. The molecule has 1 aromatic carbocycles. The lowest BCUT2D eigenvalue weighted by Gasteiger charge is -2.41. The zero-order valence-corrected chi connectivity index (χ0v) is 11.9. The summed E-state index contributed by atoms with van der Waals surface area (Å²) in [7, 11) is 0. The van der Waals surface area contributed by atoms with Crippen molar-refractivity contribution >= 4 is 0 Å². The maximum absolute atomic E-state index is 13.7. The number of aromatic nitrogens is 1. The third kappa shape index (κ3) is 3.27. The Bertz CT molecular complexity index is 588. The van der Waals surface area contributed by atoms with Crippen molar-refractivity contribution in [3.63, 3.8) is 0 Å². The van der Waals surface area contributed by atoms with Crippen LogP contribution in [0, 0.1) is 5.82 Å². The minimum absolute atomic E-state index is 0.122. The van der Waals surface area contributed by atoms with Crippen LogP contribution in [0.15, 0.2) is 48.7 Å². The molecule has 1 saturated carbocycles. The van der Waals surface area contributed by atoms with Crippen LogP contribution in [-0.4, -0.2) is 16.7 Å². The van der Waals surface area contributed by atoms with Gasteiger partial charge in [0.1, 0.15) is 11.5 Å². The zero-order valence-electron chi connectivity index (χ0n) is 11.9. The van der Waals surface area contributed by atoms with Gasteiger partial charge in [0.05, 0.1) is 11.7 Å². The zero-order chi connectivity index (χ0) is 14.9. The van der Waals surface area contributed by atoms with Crippen molar-refractivity contribution in [2.24, 2.45) is 0 Å². The predicted octanol–water partition coefficient (Wildman–Crippen LogP) is 3.79. The first kappa shape index (κ1) is 14.1. The van der Waals surface area contributed by atoms with Crippen molar-refractivity contribution < 1.29 is 8.78 Å². The molecule has 0 aliphatic heterocycles. The lowest BCUT2D eigenvalue weighted by molar-refractivity contribution is 0.0446. The molecule has 110 valence electrons. The number of halogens is 2. The average molecular weight is 288 g/mol. The average Bonchev–Trinajstić information content (AvgIpc) is 2.45. The van der Waals surface area contributed by atoms with Crippen LogP contribution in [0.1, 0.15) is 37.1 Å². The Balaban J connectivity index is 1.83. The van der Waals surface area contributed by atoms with Crippen LogP contribution in [0.5, 0.6) is 0 Å². The molecule has 4 heteroatoms.